The van der Waals surface area contributed by atoms with Gasteiger partial charge in [0.25, 0.3) is 0 Å². The summed E-state index contributed by atoms with van der Waals surface area (Å²) in [6.07, 6.45) is -3.12. The van der Waals surface area contributed by atoms with Crippen LogP contribution in [-0.2, 0) is 6.18 Å². The van der Waals surface area contributed by atoms with Crippen LogP contribution >= 0.6 is 0 Å². The molecule has 3 N–H and O–H groups in total. The summed E-state index contributed by atoms with van der Waals surface area (Å²) in [7, 11) is 0. The van der Waals surface area contributed by atoms with E-state index in [0.29, 0.717) is 5.69 Å². The maximum Gasteiger partial charge on any atom is 0.419 e. The summed E-state index contributed by atoms with van der Waals surface area (Å²) in [5.74, 6) is -0.185. The number of hydrogen-bond acceptors (Lipinski definition) is 3. The lowest BCUT2D eigenvalue weighted by molar-refractivity contribution is -0.137. The van der Waals surface area contributed by atoms with Gasteiger partial charge in [0.1, 0.15) is 5.82 Å². The molecule has 1 unspecified atom stereocenters. The zero-order valence-electron chi connectivity index (χ0n) is 10.8. The second-order valence-electron chi connectivity index (χ2n) is 4.43. The van der Waals surface area contributed by atoms with Gasteiger partial charge in [0.2, 0.25) is 0 Å². The Morgan fingerprint density at radius 2 is 1.95 bits per heavy atom. The lowest BCUT2D eigenvalue weighted by atomic mass is 10.1. The highest BCUT2D eigenvalue weighted by molar-refractivity contribution is 5.49. The molecule has 1 heterocycles. The molecule has 0 aliphatic carbocycles. The van der Waals surface area contributed by atoms with Crippen molar-refractivity contribution in [2.75, 3.05) is 11.1 Å². The van der Waals surface area contributed by atoms with Crippen LogP contribution in [-0.4, -0.2) is 4.98 Å². The van der Waals surface area contributed by atoms with Gasteiger partial charge in [0.15, 0.2) is 0 Å². The fraction of sp³-hybridized carbons (Fsp3) is 0.214. The van der Waals surface area contributed by atoms with Crippen LogP contribution in [0, 0.1) is 0 Å². The normalized spacial score (nSPS) is 13.0. The summed E-state index contributed by atoms with van der Waals surface area (Å²) in [6.45, 7) is 1.75. The molecule has 2 aromatic rings. The maximum absolute atomic E-state index is 12.9. The molecule has 1 atom stereocenters. The molecule has 20 heavy (non-hydrogen) atoms. The Labute approximate surface area is 114 Å². The van der Waals surface area contributed by atoms with E-state index in [2.05, 4.69) is 10.3 Å². The van der Waals surface area contributed by atoms with Crippen molar-refractivity contribution in [1.82, 2.24) is 4.98 Å². The SMILES string of the molecule is CC(Nc1ncccc1C(F)(F)F)c1cccc(N)c1. The average Bonchev–Trinajstić information content (AvgIpc) is 2.38. The smallest absolute Gasteiger partial charge is 0.399 e. The van der Waals surface area contributed by atoms with Crippen molar-refractivity contribution in [1.29, 1.82) is 0 Å². The first-order valence-corrected chi connectivity index (χ1v) is 6.02. The fourth-order valence-corrected chi connectivity index (χ4v) is 1.87. The molecular formula is C14H14F3N3. The number of rotatable bonds is 3. The van der Waals surface area contributed by atoms with E-state index in [1.165, 1.54) is 12.3 Å². The van der Waals surface area contributed by atoms with Gasteiger partial charge in [-0.05, 0) is 36.8 Å². The highest BCUT2D eigenvalue weighted by Gasteiger charge is 2.34. The summed E-state index contributed by atoms with van der Waals surface area (Å²) in [4.78, 5) is 3.77. The Bertz CT molecular complexity index is 596. The molecule has 2 rings (SSSR count). The number of aromatic nitrogens is 1. The lowest BCUT2D eigenvalue weighted by Crippen LogP contribution is -2.14. The van der Waals surface area contributed by atoms with Gasteiger partial charge in [0.05, 0.1) is 11.6 Å². The molecule has 1 aromatic heterocycles. The number of halogens is 3. The predicted octanol–water partition coefficient (Wildman–Crippen LogP) is 3.86. The summed E-state index contributed by atoms with van der Waals surface area (Å²) in [5.41, 5.74) is 6.24. The van der Waals surface area contributed by atoms with Gasteiger partial charge in [0, 0.05) is 11.9 Å². The minimum Gasteiger partial charge on any atom is -0.399 e. The van der Waals surface area contributed by atoms with Gasteiger partial charge in [-0.2, -0.15) is 13.2 Å². The van der Waals surface area contributed by atoms with Crippen LogP contribution in [0.25, 0.3) is 0 Å². The second kappa shape index (κ2) is 5.40. The number of anilines is 2. The van der Waals surface area contributed by atoms with Crippen LogP contribution < -0.4 is 11.1 Å². The van der Waals surface area contributed by atoms with Gasteiger partial charge in [-0.15, -0.1) is 0 Å². The Kier molecular flexibility index (Phi) is 3.83. The highest BCUT2D eigenvalue weighted by Crippen LogP contribution is 2.34. The van der Waals surface area contributed by atoms with E-state index in [-0.39, 0.29) is 11.9 Å². The third-order valence-corrected chi connectivity index (χ3v) is 2.88. The summed E-state index contributed by atoms with van der Waals surface area (Å²) >= 11 is 0. The lowest BCUT2D eigenvalue weighted by Gasteiger charge is -2.18. The molecule has 0 spiro atoms. The molecule has 6 heteroatoms. The Balaban J connectivity index is 2.26. The molecule has 3 nitrogen and oxygen atoms in total. The zero-order chi connectivity index (χ0) is 14.8. The number of nitrogens with one attached hydrogen (secondary N) is 1. The van der Waals surface area contributed by atoms with Crippen LogP contribution in [0.5, 0.6) is 0 Å². The van der Waals surface area contributed by atoms with Gasteiger partial charge >= 0.3 is 6.18 Å². The monoisotopic (exact) mass is 281 g/mol. The van der Waals surface area contributed by atoms with Crippen LogP contribution in [0.1, 0.15) is 24.1 Å². The molecule has 0 fully saturated rings. The van der Waals surface area contributed by atoms with Crippen molar-refractivity contribution in [2.45, 2.75) is 19.1 Å². The summed E-state index contributed by atoms with van der Waals surface area (Å²) in [5, 5.41) is 2.77. The van der Waals surface area contributed by atoms with E-state index in [0.717, 1.165) is 11.6 Å². The number of nitrogens with zero attached hydrogens (tertiary/aromatic N) is 1. The number of pyridine rings is 1. The van der Waals surface area contributed by atoms with Crippen molar-refractivity contribution >= 4 is 11.5 Å². The molecular weight excluding hydrogens is 267 g/mol. The second-order valence-corrected chi connectivity index (χ2v) is 4.43. The first-order chi connectivity index (χ1) is 9.38. The van der Waals surface area contributed by atoms with Crippen LogP contribution in [0.2, 0.25) is 0 Å². The zero-order valence-corrected chi connectivity index (χ0v) is 10.8. The van der Waals surface area contributed by atoms with Crippen molar-refractivity contribution in [3.8, 4) is 0 Å². The largest absolute Gasteiger partial charge is 0.419 e. The molecule has 0 radical (unpaired) electrons. The predicted molar refractivity (Wildman–Crippen MR) is 72.1 cm³/mol. The quantitative estimate of drug-likeness (QED) is 0.840. The van der Waals surface area contributed by atoms with E-state index < -0.39 is 11.7 Å². The maximum atomic E-state index is 12.9. The van der Waals surface area contributed by atoms with Gasteiger partial charge in [-0.3, -0.25) is 0 Å². The first-order valence-electron chi connectivity index (χ1n) is 6.02. The van der Waals surface area contributed by atoms with Crippen LogP contribution in [0.4, 0.5) is 24.7 Å². The Hall–Kier alpha value is -2.24. The molecule has 1 aromatic carbocycles. The van der Waals surface area contributed by atoms with Crippen LogP contribution in [0.3, 0.4) is 0 Å². The molecule has 0 aliphatic rings. The van der Waals surface area contributed by atoms with Crippen molar-refractivity contribution in [3.63, 3.8) is 0 Å². The van der Waals surface area contributed by atoms with Crippen molar-refractivity contribution < 1.29 is 13.2 Å². The van der Waals surface area contributed by atoms with Gasteiger partial charge < -0.3 is 11.1 Å². The fourth-order valence-electron chi connectivity index (χ4n) is 1.87. The molecule has 0 saturated carbocycles. The molecule has 0 bridgehead atoms. The summed E-state index contributed by atoms with van der Waals surface area (Å²) < 4.78 is 38.6. The third kappa shape index (κ3) is 3.20. The third-order valence-electron chi connectivity index (χ3n) is 2.88. The molecule has 0 amide bonds. The Morgan fingerprint density at radius 1 is 1.20 bits per heavy atom. The highest BCUT2D eigenvalue weighted by atomic mass is 19.4. The van der Waals surface area contributed by atoms with E-state index in [9.17, 15) is 13.2 Å². The number of nitrogens with two attached hydrogens (primary N) is 1. The molecule has 0 aliphatic heterocycles. The number of nitrogen functional groups attached to an aromatic ring is 1. The molecule has 106 valence electrons. The van der Waals surface area contributed by atoms with E-state index in [1.54, 1.807) is 31.2 Å². The van der Waals surface area contributed by atoms with E-state index in [4.69, 9.17) is 5.73 Å². The van der Waals surface area contributed by atoms with Crippen molar-refractivity contribution in [3.05, 3.63) is 53.7 Å². The minimum absolute atomic E-state index is 0.185. The first kappa shape index (κ1) is 14.2. The number of benzene rings is 1. The minimum atomic E-state index is -4.44. The van der Waals surface area contributed by atoms with Crippen LogP contribution in [0.15, 0.2) is 42.6 Å². The molecule has 0 saturated heterocycles. The average molecular weight is 281 g/mol. The summed E-state index contributed by atoms with van der Waals surface area (Å²) in [6, 6.07) is 8.91. The van der Waals surface area contributed by atoms with E-state index in [1.807, 2.05) is 0 Å². The number of alkyl halides is 3. The van der Waals surface area contributed by atoms with Gasteiger partial charge in [-0.25, -0.2) is 4.98 Å². The van der Waals surface area contributed by atoms with Crippen molar-refractivity contribution in [2.24, 2.45) is 0 Å². The van der Waals surface area contributed by atoms with Gasteiger partial charge in [-0.1, -0.05) is 12.1 Å². The standard InChI is InChI=1S/C14H14F3N3/c1-9(10-4-2-5-11(18)8-10)20-13-12(14(15,16)17)6-3-7-19-13/h2-9H,18H2,1H3,(H,19,20). The number of hydrogen-bond donors (Lipinski definition) is 2. The Morgan fingerprint density at radius 3 is 2.60 bits per heavy atom. The van der Waals surface area contributed by atoms with E-state index >= 15 is 0 Å². The topological polar surface area (TPSA) is 50.9 Å².